The molecule has 0 spiro atoms. The van der Waals surface area contributed by atoms with E-state index in [-0.39, 0.29) is 23.0 Å². The highest BCUT2D eigenvalue weighted by atomic mass is 16.3. The van der Waals surface area contributed by atoms with Crippen LogP contribution in [0.1, 0.15) is 54.4 Å². The average molecular weight is 405 g/mol. The summed E-state index contributed by atoms with van der Waals surface area (Å²) in [7, 11) is 0. The average Bonchev–Trinajstić information content (AvgIpc) is 2.71. The van der Waals surface area contributed by atoms with Gasteiger partial charge in [-0.2, -0.15) is 0 Å². The molecule has 4 aliphatic rings. The second kappa shape index (κ2) is 7.46. The van der Waals surface area contributed by atoms with Crippen molar-refractivity contribution in [3.05, 3.63) is 59.7 Å². The van der Waals surface area contributed by atoms with Crippen molar-refractivity contribution in [1.82, 2.24) is 5.32 Å². The van der Waals surface area contributed by atoms with Crippen molar-refractivity contribution in [2.45, 2.75) is 45.1 Å². The molecule has 0 unspecified atom stereocenters. The van der Waals surface area contributed by atoms with E-state index in [1.54, 1.807) is 30.3 Å². The van der Waals surface area contributed by atoms with Gasteiger partial charge in [-0.3, -0.25) is 9.59 Å². The van der Waals surface area contributed by atoms with Gasteiger partial charge in [-0.25, -0.2) is 0 Å². The molecule has 4 saturated carbocycles. The molecule has 0 heterocycles. The first-order chi connectivity index (χ1) is 14.5. The Morgan fingerprint density at radius 2 is 1.57 bits per heavy atom. The number of anilines is 1. The minimum absolute atomic E-state index is 0.109. The SMILES string of the molecule is O=C(Nc1cccc(O)c1)c1ccc(CNC(=O)C23CC4CC(CC(C4)C2)C3)cc1. The third kappa shape index (κ3) is 3.69. The van der Waals surface area contributed by atoms with E-state index in [9.17, 15) is 14.7 Å². The molecule has 4 aliphatic carbocycles. The molecule has 5 nitrogen and oxygen atoms in total. The van der Waals surface area contributed by atoms with Crippen molar-refractivity contribution in [2.75, 3.05) is 5.32 Å². The third-order valence-corrected chi connectivity index (χ3v) is 7.29. The van der Waals surface area contributed by atoms with E-state index in [2.05, 4.69) is 10.6 Å². The van der Waals surface area contributed by atoms with Gasteiger partial charge in [-0.1, -0.05) is 18.2 Å². The molecule has 5 heteroatoms. The Morgan fingerprint density at radius 1 is 0.933 bits per heavy atom. The zero-order valence-corrected chi connectivity index (χ0v) is 17.1. The van der Waals surface area contributed by atoms with Gasteiger partial charge in [0.15, 0.2) is 0 Å². The summed E-state index contributed by atoms with van der Waals surface area (Å²) in [6, 6.07) is 13.8. The van der Waals surface area contributed by atoms with Crippen LogP contribution in [0.25, 0.3) is 0 Å². The number of amides is 2. The molecule has 6 rings (SSSR count). The molecule has 2 aromatic carbocycles. The number of carbonyl (C=O) groups is 2. The number of hydrogen-bond acceptors (Lipinski definition) is 3. The summed E-state index contributed by atoms with van der Waals surface area (Å²) in [5.74, 6) is 2.37. The van der Waals surface area contributed by atoms with Crippen LogP contribution in [0.3, 0.4) is 0 Å². The van der Waals surface area contributed by atoms with Gasteiger partial charge >= 0.3 is 0 Å². The van der Waals surface area contributed by atoms with Crippen LogP contribution in [0.15, 0.2) is 48.5 Å². The Hall–Kier alpha value is -2.82. The van der Waals surface area contributed by atoms with Crippen LogP contribution in [-0.2, 0) is 11.3 Å². The number of rotatable bonds is 5. The van der Waals surface area contributed by atoms with E-state index in [0.717, 1.165) is 42.6 Å². The molecule has 0 saturated heterocycles. The van der Waals surface area contributed by atoms with Crippen LogP contribution in [0, 0.1) is 23.2 Å². The van der Waals surface area contributed by atoms with E-state index >= 15 is 0 Å². The van der Waals surface area contributed by atoms with Crippen molar-refractivity contribution in [3.63, 3.8) is 0 Å². The quantitative estimate of drug-likeness (QED) is 0.688. The molecule has 0 atom stereocenters. The lowest BCUT2D eigenvalue weighted by Gasteiger charge is -2.55. The second-order valence-electron chi connectivity index (χ2n) is 9.58. The number of carbonyl (C=O) groups excluding carboxylic acids is 2. The zero-order valence-electron chi connectivity index (χ0n) is 17.1. The lowest BCUT2D eigenvalue weighted by atomic mass is 9.49. The summed E-state index contributed by atoms with van der Waals surface area (Å²) < 4.78 is 0. The normalized spacial score (nSPS) is 28.9. The third-order valence-electron chi connectivity index (χ3n) is 7.29. The smallest absolute Gasteiger partial charge is 0.255 e. The van der Waals surface area contributed by atoms with Crippen molar-refractivity contribution >= 4 is 17.5 Å². The summed E-state index contributed by atoms with van der Waals surface area (Å²) in [4.78, 5) is 25.5. The molecular weight excluding hydrogens is 376 g/mol. The van der Waals surface area contributed by atoms with E-state index in [1.807, 2.05) is 12.1 Å². The Bertz CT molecular complexity index is 931. The first-order valence-corrected chi connectivity index (χ1v) is 11.0. The van der Waals surface area contributed by atoms with Gasteiger partial charge in [0.25, 0.3) is 5.91 Å². The van der Waals surface area contributed by atoms with Gasteiger partial charge in [0.05, 0.1) is 0 Å². The predicted octanol–water partition coefficient (Wildman–Crippen LogP) is 4.48. The highest BCUT2D eigenvalue weighted by Crippen LogP contribution is 2.60. The van der Waals surface area contributed by atoms with E-state index in [1.165, 1.54) is 25.3 Å². The van der Waals surface area contributed by atoms with Crippen LogP contribution in [0.2, 0.25) is 0 Å². The molecule has 0 aliphatic heterocycles. The minimum atomic E-state index is -0.232. The van der Waals surface area contributed by atoms with Crippen LogP contribution in [0.5, 0.6) is 5.75 Å². The summed E-state index contributed by atoms with van der Waals surface area (Å²) in [6.07, 6.45) is 7.20. The van der Waals surface area contributed by atoms with Crippen LogP contribution >= 0.6 is 0 Å². The predicted molar refractivity (Wildman–Crippen MR) is 115 cm³/mol. The monoisotopic (exact) mass is 404 g/mol. The lowest BCUT2D eigenvalue weighted by molar-refractivity contribution is -0.146. The Labute approximate surface area is 176 Å². The van der Waals surface area contributed by atoms with Gasteiger partial charge in [-0.05, 0) is 86.1 Å². The fourth-order valence-electron chi connectivity index (χ4n) is 6.32. The fraction of sp³-hybridized carbons (Fsp3) is 0.440. The molecule has 2 aromatic rings. The molecule has 3 N–H and O–H groups in total. The van der Waals surface area contributed by atoms with Crippen molar-refractivity contribution in [2.24, 2.45) is 23.2 Å². The summed E-state index contributed by atoms with van der Waals surface area (Å²) in [6.45, 7) is 0.495. The molecule has 156 valence electrons. The maximum atomic E-state index is 13.1. The number of aromatic hydroxyl groups is 1. The maximum absolute atomic E-state index is 13.1. The number of benzene rings is 2. The van der Waals surface area contributed by atoms with Crippen LogP contribution in [-0.4, -0.2) is 16.9 Å². The van der Waals surface area contributed by atoms with Crippen molar-refractivity contribution in [1.29, 1.82) is 0 Å². The maximum Gasteiger partial charge on any atom is 0.255 e. The first kappa shape index (κ1) is 19.2. The Kier molecular flexibility index (Phi) is 4.76. The van der Waals surface area contributed by atoms with E-state index in [4.69, 9.17) is 0 Å². The standard InChI is InChI=1S/C25H28N2O3/c28-22-3-1-2-21(11-22)27-23(29)20-6-4-16(5-7-20)15-26-24(30)25-12-17-8-18(13-25)10-19(9-17)14-25/h1-7,11,17-19,28H,8-10,12-15H2,(H,26,30)(H,27,29). The highest BCUT2D eigenvalue weighted by Gasteiger charge is 2.54. The number of nitrogens with one attached hydrogen (secondary N) is 2. The highest BCUT2D eigenvalue weighted by molar-refractivity contribution is 6.04. The molecule has 30 heavy (non-hydrogen) atoms. The molecule has 4 fully saturated rings. The van der Waals surface area contributed by atoms with Crippen LogP contribution < -0.4 is 10.6 Å². The summed E-state index contributed by atoms with van der Waals surface area (Å²) >= 11 is 0. The van der Waals surface area contributed by atoms with Gasteiger partial charge in [0.1, 0.15) is 5.75 Å². The first-order valence-electron chi connectivity index (χ1n) is 11.0. The van der Waals surface area contributed by atoms with Crippen LogP contribution in [0.4, 0.5) is 5.69 Å². The van der Waals surface area contributed by atoms with Crippen molar-refractivity contribution in [3.8, 4) is 5.75 Å². The number of phenols is 1. The number of phenolic OH excluding ortho intramolecular Hbond substituents is 1. The summed E-state index contributed by atoms with van der Waals surface area (Å²) in [5.41, 5.74) is 1.94. The molecule has 0 radical (unpaired) electrons. The van der Waals surface area contributed by atoms with Gasteiger partial charge in [0, 0.05) is 29.3 Å². The van der Waals surface area contributed by atoms with E-state index in [0.29, 0.717) is 17.8 Å². The van der Waals surface area contributed by atoms with Gasteiger partial charge < -0.3 is 15.7 Å². The zero-order chi connectivity index (χ0) is 20.7. The fourth-order valence-corrected chi connectivity index (χ4v) is 6.32. The Balaban J connectivity index is 1.18. The summed E-state index contributed by atoms with van der Waals surface area (Å²) in [5, 5.41) is 15.5. The topological polar surface area (TPSA) is 78.4 Å². The lowest BCUT2D eigenvalue weighted by Crippen LogP contribution is -2.53. The minimum Gasteiger partial charge on any atom is -0.508 e. The second-order valence-corrected chi connectivity index (χ2v) is 9.58. The van der Waals surface area contributed by atoms with Gasteiger partial charge in [0.2, 0.25) is 5.91 Å². The van der Waals surface area contributed by atoms with E-state index < -0.39 is 0 Å². The van der Waals surface area contributed by atoms with Crippen molar-refractivity contribution < 1.29 is 14.7 Å². The Morgan fingerprint density at radius 3 is 2.17 bits per heavy atom. The van der Waals surface area contributed by atoms with Gasteiger partial charge in [-0.15, -0.1) is 0 Å². The molecule has 4 bridgehead atoms. The largest absolute Gasteiger partial charge is 0.508 e. The molecular formula is C25H28N2O3. The molecule has 0 aromatic heterocycles. The molecule has 2 amide bonds. The number of hydrogen-bond donors (Lipinski definition) is 3.